The van der Waals surface area contributed by atoms with Crippen LogP contribution >= 0.6 is 11.8 Å². The van der Waals surface area contributed by atoms with Crippen molar-refractivity contribution >= 4 is 21.6 Å². The standard InChI is InChI=1S/C15H23NO2S2/c1-16-15-5-3-4-12(15)10-11-19-13-6-8-14(9-7-13)20(2,17)18/h6-9,12,15-16H,3-5,10-11H2,1-2H3. The highest BCUT2D eigenvalue weighted by Crippen LogP contribution is 2.31. The van der Waals surface area contributed by atoms with Gasteiger partial charge in [-0.1, -0.05) is 6.42 Å². The molecule has 0 aliphatic heterocycles. The Bertz CT molecular complexity index is 525. The average Bonchev–Trinajstić information content (AvgIpc) is 2.86. The molecule has 1 saturated carbocycles. The topological polar surface area (TPSA) is 46.2 Å². The second kappa shape index (κ2) is 6.96. The third-order valence-electron chi connectivity index (χ3n) is 4.04. The van der Waals surface area contributed by atoms with Crippen molar-refractivity contribution in [3.8, 4) is 0 Å². The van der Waals surface area contributed by atoms with Gasteiger partial charge in [-0.05, 0) is 62.2 Å². The van der Waals surface area contributed by atoms with Crippen LogP contribution in [0.5, 0.6) is 0 Å². The average molecular weight is 313 g/mol. The van der Waals surface area contributed by atoms with Crippen LogP contribution in [0.1, 0.15) is 25.7 Å². The smallest absolute Gasteiger partial charge is 0.175 e. The largest absolute Gasteiger partial charge is 0.317 e. The fraction of sp³-hybridized carbons (Fsp3) is 0.600. The molecular weight excluding hydrogens is 290 g/mol. The van der Waals surface area contributed by atoms with Crippen molar-refractivity contribution in [3.63, 3.8) is 0 Å². The molecule has 2 atom stereocenters. The quantitative estimate of drug-likeness (QED) is 0.820. The van der Waals surface area contributed by atoms with E-state index in [9.17, 15) is 8.42 Å². The van der Waals surface area contributed by atoms with Crippen LogP contribution in [-0.2, 0) is 9.84 Å². The van der Waals surface area contributed by atoms with Crippen LogP contribution in [0.25, 0.3) is 0 Å². The van der Waals surface area contributed by atoms with Gasteiger partial charge in [-0.15, -0.1) is 11.8 Å². The lowest BCUT2D eigenvalue weighted by Crippen LogP contribution is -2.29. The summed E-state index contributed by atoms with van der Waals surface area (Å²) in [6.07, 6.45) is 6.44. The van der Waals surface area contributed by atoms with E-state index in [2.05, 4.69) is 12.4 Å². The molecule has 112 valence electrons. The second-order valence-corrected chi connectivity index (χ2v) is 8.65. The zero-order valence-electron chi connectivity index (χ0n) is 12.1. The molecule has 2 rings (SSSR count). The fourth-order valence-corrected chi connectivity index (χ4v) is 4.49. The minimum absolute atomic E-state index is 0.396. The van der Waals surface area contributed by atoms with Crippen LogP contribution in [-0.4, -0.2) is 33.5 Å². The van der Waals surface area contributed by atoms with E-state index in [1.807, 2.05) is 23.9 Å². The molecule has 0 amide bonds. The Hall–Kier alpha value is -0.520. The number of benzene rings is 1. The molecule has 0 spiro atoms. The van der Waals surface area contributed by atoms with Crippen LogP contribution in [0.3, 0.4) is 0 Å². The minimum atomic E-state index is -3.08. The summed E-state index contributed by atoms with van der Waals surface area (Å²) in [5.41, 5.74) is 0. The van der Waals surface area contributed by atoms with Gasteiger partial charge in [-0.25, -0.2) is 8.42 Å². The molecule has 0 aromatic heterocycles. The summed E-state index contributed by atoms with van der Waals surface area (Å²) in [6, 6.07) is 7.90. The third-order valence-corrected chi connectivity index (χ3v) is 6.21. The Morgan fingerprint density at radius 1 is 1.25 bits per heavy atom. The molecule has 0 radical (unpaired) electrons. The lowest BCUT2D eigenvalue weighted by molar-refractivity contribution is 0.417. The Morgan fingerprint density at radius 2 is 1.95 bits per heavy atom. The fourth-order valence-electron chi connectivity index (χ4n) is 2.87. The van der Waals surface area contributed by atoms with E-state index in [4.69, 9.17) is 0 Å². The first-order valence-electron chi connectivity index (χ1n) is 7.11. The van der Waals surface area contributed by atoms with E-state index >= 15 is 0 Å². The van der Waals surface area contributed by atoms with E-state index in [1.165, 1.54) is 31.9 Å². The summed E-state index contributed by atoms with van der Waals surface area (Å²) in [6.45, 7) is 0. The Balaban J connectivity index is 1.82. The lowest BCUT2D eigenvalue weighted by Gasteiger charge is -2.18. The van der Waals surface area contributed by atoms with Crippen molar-refractivity contribution < 1.29 is 8.42 Å². The monoisotopic (exact) mass is 313 g/mol. The van der Waals surface area contributed by atoms with Crippen LogP contribution < -0.4 is 5.32 Å². The molecule has 0 bridgehead atoms. The molecule has 0 heterocycles. The predicted molar refractivity (Wildman–Crippen MR) is 85.1 cm³/mol. The van der Waals surface area contributed by atoms with Crippen molar-refractivity contribution in [1.82, 2.24) is 5.32 Å². The van der Waals surface area contributed by atoms with Crippen molar-refractivity contribution in [3.05, 3.63) is 24.3 Å². The van der Waals surface area contributed by atoms with Crippen molar-refractivity contribution in [1.29, 1.82) is 0 Å². The summed E-state index contributed by atoms with van der Waals surface area (Å²) in [5.74, 6) is 1.89. The van der Waals surface area contributed by atoms with Crippen LogP contribution in [0.15, 0.2) is 34.1 Å². The van der Waals surface area contributed by atoms with E-state index < -0.39 is 9.84 Å². The first-order valence-corrected chi connectivity index (χ1v) is 9.98. The number of thioether (sulfide) groups is 1. The first kappa shape index (κ1) is 15.9. The van der Waals surface area contributed by atoms with Gasteiger partial charge in [0.1, 0.15) is 0 Å². The molecule has 1 aliphatic carbocycles. The van der Waals surface area contributed by atoms with Crippen molar-refractivity contribution in [2.45, 2.75) is 41.5 Å². The molecule has 1 aromatic carbocycles. The highest BCUT2D eigenvalue weighted by Gasteiger charge is 2.25. The van der Waals surface area contributed by atoms with Gasteiger partial charge in [0, 0.05) is 17.2 Å². The van der Waals surface area contributed by atoms with Crippen molar-refractivity contribution in [2.75, 3.05) is 19.1 Å². The summed E-state index contributed by atoms with van der Waals surface area (Å²) in [7, 11) is -1.03. The minimum Gasteiger partial charge on any atom is -0.317 e. The molecule has 20 heavy (non-hydrogen) atoms. The van der Waals surface area contributed by atoms with E-state index in [0.717, 1.165) is 16.6 Å². The van der Waals surface area contributed by atoms with Gasteiger partial charge in [0.2, 0.25) is 0 Å². The number of rotatable bonds is 6. The SMILES string of the molecule is CNC1CCCC1CCSc1ccc(S(C)(=O)=O)cc1. The Kier molecular flexibility index (Phi) is 5.52. The van der Waals surface area contributed by atoms with Crippen LogP contribution in [0, 0.1) is 5.92 Å². The van der Waals surface area contributed by atoms with Crippen molar-refractivity contribution in [2.24, 2.45) is 5.92 Å². The van der Waals surface area contributed by atoms with Crippen LogP contribution in [0.2, 0.25) is 0 Å². The van der Waals surface area contributed by atoms with Gasteiger partial charge in [-0.2, -0.15) is 0 Å². The van der Waals surface area contributed by atoms with Crippen LogP contribution in [0.4, 0.5) is 0 Å². The molecule has 1 fully saturated rings. The van der Waals surface area contributed by atoms with Gasteiger partial charge >= 0.3 is 0 Å². The molecule has 3 nitrogen and oxygen atoms in total. The zero-order valence-corrected chi connectivity index (χ0v) is 13.8. The number of sulfone groups is 1. The van der Waals surface area contributed by atoms with Gasteiger partial charge in [0.25, 0.3) is 0 Å². The van der Waals surface area contributed by atoms with E-state index in [1.54, 1.807) is 12.1 Å². The number of nitrogens with one attached hydrogen (secondary N) is 1. The van der Waals surface area contributed by atoms with Gasteiger partial charge in [0.05, 0.1) is 4.90 Å². The summed E-state index contributed by atoms with van der Waals surface area (Å²) >= 11 is 1.82. The summed E-state index contributed by atoms with van der Waals surface area (Å²) in [5, 5.41) is 3.41. The van der Waals surface area contributed by atoms with Gasteiger partial charge in [0.15, 0.2) is 9.84 Å². The molecule has 0 saturated heterocycles. The highest BCUT2D eigenvalue weighted by atomic mass is 32.2. The first-order chi connectivity index (χ1) is 9.50. The zero-order chi connectivity index (χ0) is 14.6. The Morgan fingerprint density at radius 3 is 2.55 bits per heavy atom. The van der Waals surface area contributed by atoms with E-state index in [-0.39, 0.29) is 0 Å². The molecule has 1 aliphatic rings. The lowest BCUT2D eigenvalue weighted by atomic mass is 10.0. The molecule has 2 unspecified atom stereocenters. The summed E-state index contributed by atoms with van der Waals surface area (Å²) in [4.78, 5) is 1.55. The van der Waals surface area contributed by atoms with Gasteiger partial charge in [-0.3, -0.25) is 0 Å². The second-order valence-electron chi connectivity index (χ2n) is 5.47. The highest BCUT2D eigenvalue weighted by molar-refractivity contribution is 7.99. The maximum atomic E-state index is 11.4. The third kappa shape index (κ3) is 4.24. The maximum absolute atomic E-state index is 11.4. The predicted octanol–water partition coefficient (Wildman–Crippen LogP) is 2.96. The molecule has 1 aromatic rings. The van der Waals surface area contributed by atoms with E-state index in [0.29, 0.717) is 10.9 Å². The normalized spacial score (nSPS) is 23.1. The summed E-state index contributed by atoms with van der Waals surface area (Å²) < 4.78 is 22.8. The molecule has 1 N–H and O–H groups in total. The number of hydrogen-bond acceptors (Lipinski definition) is 4. The number of hydrogen-bond donors (Lipinski definition) is 1. The Labute approximate surface area is 126 Å². The molecule has 5 heteroatoms. The van der Waals surface area contributed by atoms with Gasteiger partial charge < -0.3 is 5.32 Å². The maximum Gasteiger partial charge on any atom is 0.175 e. The molecular formula is C15H23NO2S2.